The summed E-state index contributed by atoms with van der Waals surface area (Å²) >= 11 is 0. The second-order valence-corrected chi connectivity index (χ2v) is 1.96. The number of carbonyl (C=O) groups excluding carboxylic acids is 1. The number of rotatable bonds is 2. The highest BCUT2D eigenvalue weighted by molar-refractivity contribution is 5.87. The molecule has 1 amide bonds. The van der Waals surface area contributed by atoms with Crippen molar-refractivity contribution in [3.63, 3.8) is 0 Å². The number of hydrogen-bond acceptors (Lipinski definition) is 1. The summed E-state index contributed by atoms with van der Waals surface area (Å²) in [4.78, 5) is 10.6. The van der Waals surface area contributed by atoms with Gasteiger partial charge in [0.05, 0.1) is 0 Å². The van der Waals surface area contributed by atoms with Crippen LogP contribution in [-0.4, -0.2) is 13.0 Å². The summed E-state index contributed by atoms with van der Waals surface area (Å²) in [5.41, 5.74) is 1.11. The highest BCUT2D eigenvalue weighted by Crippen LogP contribution is 1.95. The van der Waals surface area contributed by atoms with Crippen LogP contribution >= 0.6 is 0 Å². The van der Waals surface area contributed by atoms with Gasteiger partial charge in [-0.25, -0.2) is 0 Å². The van der Waals surface area contributed by atoms with E-state index in [9.17, 15) is 4.79 Å². The van der Waals surface area contributed by atoms with Gasteiger partial charge in [-0.05, 0) is 13.3 Å². The van der Waals surface area contributed by atoms with E-state index in [1.165, 1.54) is 0 Å². The molecule has 0 aromatic carbocycles. The third-order valence-corrected chi connectivity index (χ3v) is 1.18. The van der Waals surface area contributed by atoms with Crippen molar-refractivity contribution in [3.05, 3.63) is 11.6 Å². The zero-order valence-electron chi connectivity index (χ0n) is 8.19. The molecular weight excluding hydrogens is 138 g/mol. The number of nitrogens with one attached hydrogen (secondary N) is 1. The minimum Gasteiger partial charge on any atom is -0.356 e. The summed E-state index contributed by atoms with van der Waals surface area (Å²) in [7, 11) is 1.63. The molecule has 0 aromatic rings. The van der Waals surface area contributed by atoms with Gasteiger partial charge in [-0.1, -0.05) is 26.3 Å². The third-order valence-electron chi connectivity index (χ3n) is 1.18. The van der Waals surface area contributed by atoms with Crippen LogP contribution in [0.5, 0.6) is 0 Å². The minimum absolute atomic E-state index is 0.0191. The van der Waals surface area contributed by atoms with Crippen LogP contribution in [0.25, 0.3) is 0 Å². The maximum atomic E-state index is 10.6. The third kappa shape index (κ3) is 9.21. The number of carbonyl (C=O) groups is 1. The summed E-state index contributed by atoms with van der Waals surface area (Å²) < 4.78 is 0. The lowest BCUT2D eigenvalue weighted by molar-refractivity contribution is -0.116. The van der Waals surface area contributed by atoms with Crippen LogP contribution in [0.1, 0.15) is 34.1 Å². The van der Waals surface area contributed by atoms with Gasteiger partial charge >= 0.3 is 0 Å². The second kappa shape index (κ2) is 9.21. The Labute approximate surface area is 69.7 Å². The molecule has 0 aliphatic carbocycles. The fourth-order valence-electron chi connectivity index (χ4n) is 0.398. The summed E-state index contributed by atoms with van der Waals surface area (Å²) in [5.74, 6) is -0.0191. The molecule has 0 rings (SSSR count). The molecule has 0 radical (unpaired) electrons. The van der Waals surface area contributed by atoms with E-state index in [1.54, 1.807) is 13.1 Å². The average molecular weight is 157 g/mol. The maximum absolute atomic E-state index is 10.6. The summed E-state index contributed by atoms with van der Waals surface area (Å²) in [6.07, 6.45) is 2.55. The van der Waals surface area contributed by atoms with Gasteiger partial charge in [-0.15, -0.1) is 0 Å². The molecule has 0 atom stereocenters. The van der Waals surface area contributed by atoms with Crippen LogP contribution in [0.4, 0.5) is 0 Å². The lowest BCUT2D eigenvalue weighted by Gasteiger charge is -1.93. The minimum atomic E-state index is -0.0191. The van der Waals surface area contributed by atoms with Crippen molar-refractivity contribution in [2.24, 2.45) is 0 Å². The molecule has 2 nitrogen and oxygen atoms in total. The predicted molar refractivity (Wildman–Crippen MR) is 49.5 cm³/mol. The van der Waals surface area contributed by atoms with Crippen molar-refractivity contribution >= 4 is 5.91 Å². The van der Waals surface area contributed by atoms with Crippen LogP contribution in [0, 0.1) is 0 Å². The topological polar surface area (TPSA) is 29.1 Å². The molecule has 1 N–H and O–H groups in total. The zero-order valence-corrected chi connectivity index (χ0v) is 8.19. The van der Waals surface area contributed by atoms with Gasteiger partial charge in [0.1, 0.15) is 0 Å². The Morgan fingerprint density at radius 3 is 2.18 bits per heavy atom. The molecule has 0 aromatic heterocycles. The van der Waals surface area contributed by atoms with Crippen LogP contribution in [0.3, 0.4) is 0 Å². The standard InChI is InChI=1S/C7H13NO.C2H6/c1-4-6(2)5-7(9)8-3;1-2/h5H,4H2,1-3H3,(H,8,9);1-2H3/b6-5+;. The van der Waals surface area contributed by atoms with Gasteiger partial charge < -0.3 is 5.32 Å². The van der Waals surface area contributed by atoms with E-state index in [0.717, 1.165) is 12.0 Å². The molecule has 0 saturated heterocycles. The Hall–Kier alpha value is -0.790. The predicted octanol–water partition coefficient (Wildman–Crippen LogP) is 2.11. The van der Waals surface area contributed by atoms with E-state index in [0.29, 0.717) is 0 Å². The number of hydrogen-bond donors (Lipinski definition) is 1. The van der Waals surface area contributed by atoms with Gasteiger partial charge in [0, 0.05) is 13.1 Å². The molecule has 0 saturated carbocycles. The van der Waals surface area contributed by atoms with Crippen molar-refractivity contribution in [2.45, 2.75) is 34.1 Å². The van der Waals surface area contributed by atoms with Gasteiger partial charge in [-0.3, -0.25) is 4.79 Å². The Bertz CT molecular complexity index is 128. The zero-order chi connectivity index (χ0) is 9.28. The second-order valence-electron chi connectivity index (χ2n) is 1.96. The highest BCUT2D eigenvalue weighted by atomic mass is 16.1. The summed E-state index contributed by atoms with van der Waals surface area (Å²) in [6, 6.07) is 0. The van der Waals surface area contributed by atoms with E-state index >= 15 is 0 Å². The monoisotopic (exact) mass is 157 g/mol. The van der Waals surface area contributed by atoms with E-state index in [1.807, 2.05) is 27.7 Å². The molecule has 2 heteroatoms. The molecule has 0 unspecified atom stereocenters. The quantitative estimate of drug-likeness (QED) is 0.611. The first-order chi connectivity index (χ1) is 5.20. The molecule has 0 aliphatic rings. The molecule has 0 bridgehead atoms. The molecule has 11 heavy (non-hydrogen) atoms. The first-order valence-corrected chi connectivity index (χ1v) is 4.09. The lowest BCUT2D eigenvalue weighted by atomic mass is 10.2. The largest absolute Gasteiger partial charge is 0.356 e. The van der Waals surface area contributed by atoms with E-state index < -0.39 is 0 Å². The smallest absolute Gasteiger partial charge is 0.243 e. The van der Waals surface area contributed by atoms with Crippen molar-refractivity contribution in [3.8, 4) is 0 Å². The molecule has 0 heterocycles. The lowest BCUT2D eigenvalue weighted by Crippen LogP contribution is -2.14. The van der Waals surface area contributed by atoms with Gasteiger partial charge in [-0.2, -0.15) is 0 Å². The Morgan fingerprint density at radius 1 is 1.45 bits per heavy atom. The normalized spacial score (nSPS) is 9.73. The molecule has 0 aliphatic heterocycles. The van der Waals surface area contributed by atoms with Gasteiger partial charge in [0.2, 0.25) is 5.91 Å². The Balaban J connectivity index is 0. The molecule has 66 valence electrons. The Morgan fingerprint density at radius 2 is 1.91 bits per heavy atom. The fourth-order valence-corrected chi connectivity index (χ4v) is 0.398. The highest BCUT2D eigenvalue weighted by Gasteiger charge is 1.89. The summed E-state index contributed by atoms with van der Waals surface area (Å²) in [6.45, 7) is 7.96. The van der Waals surface area contributed by atoms with Crippen LogP contribution < -0.4 is 5.32 Å². The van der Waals surface area contributed by atoms with Gasteiger partial charge in [0.25, 0.3) is 0 Å². The number of allylic oxidation sites excluding steroid dienone is 1. The van der Waals surface area contributed by atoms with Crippen molar-refractivity contribution < 1.29 is 4.79 Å². The SMILES string of the molecule is CC.CC/C(C)=C/C(=O)NC. The van der Waals surface area contributed by atoms with Crippen molar-refractivity contribution in [1.82, 2.24) is 5.32 Å². The van der Waals surface area contributed by atoms with E-state index in [4.69, 9.17) is 0 Å². The van der Waals surface area contributed by atoms with Crippen LogP contribution in [0.2, 0.25) is 0 Å². The first kappa shape index (κ1) is 12.8. The van der Waals surface area contributed by atoms with Gasteiger partial charge in [0.15, 0.2) is 0 Å². The van der Waals surface area contributed by atoms with E-state index in [-0.39, 0.29) is 5.91 Å². The van der Waals surface area contributed by atoms with Crippen molar-refractivity contribution in [1.29, 1.82) is 0 Å². The Kier molecular flexibility index (Phi) is 10.8. The fraction of sp³-hybridized carbons (Fsp3) is 0.667. The van der Waals surface area contributed by atoms with Crippen molar-refractivity contribution in [2.75, 3.05) is 7.05 Å². The average Bonchev–Trinajstić information content (AvgIpc) is 2.07. The molecule has 0 fully saturated rings. The molecule has 0 spiro atoms. The van der Waals surface area contributed by atoms with E-state index in [2.05, 4.69) is 5.32 Å². The number of likely N-dealkylation sites (N-methyl/N-ethyl adjacent to an activating group) is 1. The first-order valence-electron chi connectivity index (χ1n) is 4.09. The van der Waals surface area contributed by atoms with Crippen LogP contribution in [-0.2, 0) is 4.79 Å². The summed E-state index contributed by atoms with van der Waals surface area (Å²) in [5, 5.41) is 2.51. The van der Waals surface area contributed by atoms with Crippen LogP contribution in [0.15, 0.2) is 11.6 Å². The number of amides is 1. The molecular formula is C9H19NO. The maximum Gasteiger partial charge on any atom is 0.243 e.